The zero-order chi connectivity index (χ0) is 14.9. The highest BCUT2D eigenvalue weighted by Crippen LogP contribution is 2.19. The predicted molar refractivity (Wildman–Crippen MR) is 86.8 cm³/mol. The minimum atomic E-state index is 0.784. The molecule has 1 N–H and O–H groups in total. The highest BCUT2D eigenvalue weighted by molar-refractivity contribution is 5.80. The molecule has 2 aromatic heterocycles. The average molecular weight is 289 g/mol. The molecule has 0 amide bonds. The van der Waals surface area contributed by atoms with E-state index in [1.165, 1.54) is 5.56 Å². The van der Waals surface area contributed by atoms with Gasteiger partial charge in [-0.05, 0) is 30.7 Å². The van der Waals surface area contributed by atoms with Crippen molar-refractivity contribution in [3.05, 3.63) is 65.9 Å². The Kier molecular flexibility index (Phi) is 2.96. The number of anilines is 1. The molecular formula is C17H15N5. The molecular weight excluding hydrogens is 274 g/mol. The molecule has 5 nitrogen and oxygen atoms in total. The second-order valence-corrected chi connectivity index (χ2v) is 5.31. The SMILES string of the molecule is Cc1cnn2c1nnc1ccc(NCc3ccccc3)cc12. The predicted octanol–water partition coefficient (Wildman–Crippen LogP) is 3.20. The van der Waals surface area contributed by atoms with Crippen molar-refractivity contribution < 1.29 is 0 Å². The van der Waals surface area contributed by atoms with Crippen LogP contribution < -0.4 is 5.32 Å². The second kappa shape index (κ2) is 5.11. The smallest absolute Gasteiger partial charge is 0.180 e. The second-order valence-electron chi connectivity index (χ2n) is 5.31. The summed E-state index contributed by atoms with van der Waals surface area (Å²) in [6.45, 7) is 2.77. The van der Waals surface area contributed by atoms with Crippen LogP contribution in [0.5, 0.6) is 0 Å². The lowest BCUT2D eigenvalue weighted by Crippen LogP contribution is -2.01. The molecule has 0 unspecified atom stereocenters. The van der Waals surface area contributed by atoms with E-state index in [9.17, 15) is 0 Å². The molecule has 0 fully saturated rings. The summed E-state index contributed by atoms with van der Waals surface area (Å²) < 4.78 is 1.84. The zero-order valence-corrected chi connectivity index (χ0v) is 12.2. The molecule has 4 aromatic rings. The van der Waals surface area contributed by atoms with Gasteiger partial charge in [0.05, 0.1) is 11.7 Å². The summed E-state index contributed by atoms with van der Waals surface area (Å²) in [4.78, 5) is 0. The summed E-state index contributed by atoms with van der Waals surface area (Å²) >= 11 is 0. The highest BCUT2D eigenvalue weighted by Gasteiger charge is 2.07. The molecule has 108 valence electrons. The maximum Gasteiger partial charge on any atom is 0.180 e. The van der Waals surface area contributed by atoms with Crippen LogP contribution in [0, 0.1) is 6.92 Å². The van der Waals surface area contributed by atoms with Gasteiger partial charge in [0.15, 0.2) is 5.65 Å². The van der Waals surface area contributed by atoms with Crippen molar-refractivity contribution in [2.24, 2.45) is 0 Å². The van der Waals surface area contributed by atoms with Gasteiger partial charge in [-0.2, -0.15) is 5.10 Å². The van der Waals surface area contributed by atoms with E-state index in [0.29, 0.717) is 0 Å². The first-order valence-corrected chi connectivity index (χ1v) is 7.20. The van der Waals surface area contributed by atoms with Gasteiger partial charge in [0.25, 0.3) is 0 Å². The first kappa shape index (κ1) is 12.8. The van der Waals surface area contributed by atoms with Gasteiger partial charge in [-0.25, -0.2) is 4.52 Å². The van der Waals surface area contributed by atoms with E-state index in [-0.39, 0.29) is 0 Å². The number of aromatic nitrogens is 4. The van der Waals surface area contributed by atoms with E-state index < -0.39 is 0 Å². The fraction of sp³-hybridized carbons (Fsp3) is 0.118. The molecule has 2 aromatic carbocycles. The number of hydrogen-bond donors (Lipinski definition) is 1. The van der Waals surface area contributed by atoms with Gasteiger partial charge >= 0.3 is 0 Å². The van der Waals surface area contributed by atoms with Gasteiger partial charge in [-0.1, -0.05) is 30.3 Å². The van der Waals surface area contributed by atoms with Gasteiger partial charge in [0.2, 0.25) is 0 Å². The highest BCUT2D eigenvalue weighted by atomic mass is 15.3. The summed E-state index contributed by atoms with van der Waals surface area (Å²) in [6.07, 6.45) is 1.81. The van der Waals surface area contributed by atoms with Crippen LogP contribution >= 0.6 is 0 Å². The lowest BCUT2D eigenvalue weighted by Gasteiger charge is -2.08. The van der Waals surface area contributed by atoms with E-state index in [1.54, 1.807) is 0 Å². The largest absolute Gasteiger partial charge is 0.381 e. The fourth-order valence-electron chi connectivity index (χ4n) is 2.51. The number of rotatable bonds is 3. The van der Waals surface area contributed by atoms with Crippen LogP contribution in [-0.4, -0.2) is 19.8 Å². The maximum atomic E-state index is 4.39. The third kappa shape index (κ3) is 2.16. The Morgan fingerprint density at radius 3 is 2.77 bits per heavy atom. The Labute approximate surface area is 127 Å². The third-order valence-corrected chi connectivity index (χ3v) is 3.72. The van der Waals surface area contributed by atoms with Gasteiger partial charge in [-0.15, -0.1) is 10.2 Å². The Hall–Kier alpha value is -2.95. The Balaban J connectivity index is 1.71. The zero-order valence-electron chi connectivity index (χ0n) is 12.2. The molecule has 2 heterocycles. The maximum absolute atomic E-state index is 4.39. The lowest BCUT2D eigenvalue weighted by atomic mass is 10.2. The Morgan fingerprint density at radius 1 is 1.05 bits per heavy atom. The fourth-order valence-corrected chi connectivity index (χ4v) is 2.51. The standard InChI is InChI=1S/C17H15N5/c1-12-10-19-22-16-9-14(7-8-15(16)20-21-17(12)22)18-11-13-5-3-2-4-6-13/h2-10,18H,11H2,1H3. The van der Waals surface area contributed by atoms with E-state index in [2.05, 4.69) is 38.8 Å². The molecule has 0 aliphatic carbocycles. The van der Waals surface area contributed by atoms with Crippen LogP contribution in [0.2, 0.25) is 0 Å². The van der Waals surface area contributed by atoms with Crippen molar-refractivity contribution in [3.63, 3.8) is 0 Å². The van der Waals surface area contributed by atoms with Gasteiger partial charge in [-0.3, -0.25) is 0 Å². The number of aryl methyl sites for hydroxylation is 1. The summed E-state index contributed by atoms with van der Waals surface area (Å²) in [7, 11) is 0. The van der Waals surface area contributed by atoms with Crippen LogP contribution in [0.15, 0.2) is 54.7 Å². The van der Waals surface area contributed by atoms with E-state index >= 15 is 0 Å². The minimum absolute atomic E-state index is 0.784. The van der Waals surface area contributed by atoms with Crippen molar-refractivity contribution in [2.75, 3.05) is 5.32 Å². The molecule has 22 heavy (non-hydrogen) atoms. The third-order valence-electron chi connectivity index (χ3n) is 3.72. The average Bonchev–Trinajstić information content (AvgIpc) is 2.95. The summed E-state index contributed by atoms with van der Waals surface area (Å²) in [5.74, 6) is 0. The molecule has 0 saturated heterocycles. The molecule has 0 aliphatic rings. The Bertz CT molecular complexity index is 943. The minimum Gasteiger partial charge on any atom is -0.381 e. The number of fused-ring (bicyclic) bond motifs is 3. The number of nitrogens with zero attached hydrogens (tertiary/aromatic N) is 4. The first-order chi connectivity index (χ1) is 10.8. The number of hydrogen-bond acceptors (Lipinski definition) is 4. The van der Waals surface area contributed by atoms with Crippen LogP contribution in [0.3, 0.4) is 0 Å². The number of benzene rings is 2. The summed E-state index contributed by atoms with van der Waals surface area (Å²) in [6, 6.07) is 16.4. The van der Waals surface area contributed by atoms with Crippen LogP contribution in [0.1, 0.15) is 11.1 Å². The van der Waals surface area contributed by atoms with Crippen molar-refractivity contribution in [1.29, 1.82) is 0 Å². The van der Waals surface area contributed by atoms with Gasteiger partial charge < -0.3 is 5.32 Å². The summed E-state index contributed by atoms with van der Waals surface area (Å²) in [5, 5.41) is 16.3. The van der Waals surface area contributed by atoms with Crippen LogP contribution in [0.4, 0.5) is 5.69 Å². The quantitative estimate of drug-likeness (QED) is 0.629. The van der Waals surface area contributed by atoms with Crippen molar-refractivity contribution >= 4 is 22.4 Å². The monoisotopic (exact) mass is 289 g/mol. The van der Waals surface area contributed by atoms with Crippen LogP contribution in [-0.2, 0) is 6.54 Å². The molecule has 0 spiro atoms. The topological polar surface area (TPSA) is 55.1 Å². The molecule has 0 aliphatic heterocycles. The normalized spacial score (nSPS) is 11.1. The molecule has 5 heteroatoms. The summed E-state index contributed by atoms with van der Waals surface area (Å²) in [5.41, 5.74) is 5.90. The van der Waals surface area contributed by atoms with E-state index in [4.69, 9.17) is 0 Å². The number of nitrogens with one attached hydrogen (secondary N) is 1. The first-order valence-electron chi connectivity index (χ1n) is 7.20. The van der Waals surface area contributed by atoms with Gasteiger partial charge in [0, 0.05) is 17.8 Å². The van der Waals surface area contributed by atoms with Crippen molar-refractivity contribution in [2.45, 2.75) is 13.5 Å². The lowest BCUT2D eigenvalue weighted by molar-refractivity contribution is 0.942. The molecule has 0 radical (unpaired) electrons. The van der Waals surface area contributed by atoms with Crippen molar-refractivity contribution in [3.8, 4) is 0 Å². The van der Waals surface area contributed by atoms with E-state index in [1.807, 2.05) is 48.0 Å². The molecule has 0 bridgehead atoms. The van der Waals surface area contributed by atoms with Gasteiger partial charge in [0.1, 0.15) is 5.52 Å². The molecule has 0 atom stereocenters. The molecule has 0 saturated carbocycles. The van der Waals surface area contributed by atoms with Crippen molar-refractivity contribution in [1.82, 2.24) is 19.8 Å². The van der Waals surface area contributed by atoms with E-state index in [0.717, 1.165) is 34.5 Å². The molecule has 4 rings (SSSR count). The Morgan fingerprint density at radius 2 is 1.91 bits per heavy atom. The van der Waals surface area contributed by atoms with Crippen LogP contribution in [0.25, 0.3) is 16.7 Å².